The highest BCUT2D eigenvalue weighted by Gasteiger charge is 2.46. The lowest BCUT2D eigenvalue weighted by atomic mass is 9.86. The first-order chi connectivity index (χ1) is 13.9. The van der Waals surface area contributed by atoms with Gasteiger partial charge in [-0.15, -0.1) is 0 Å². The second-order valence-electron chi connectivity index (χ2n) is 7.61. The molecule has 1 fully saturated rings. The highest BCUT2D eigenvalue weighted by molar-refractivity contribution is 7.86. The molecule has 0 aliphatic carbocycles. The SMILES string of the molecule is CN(C)S(=O)(=O)N1CCCC2(C1)Nc1cccnc1NC2=NCc1ccccc1. The smallest absolute Gasteiger partial charge is 0.281 e. The Morgan fingerprint density at radius 3 is 2.76 bits per heavy atom. The molecule has 0 amide bonds. The molecule has 154 valence electrons. The largest absolute Gasteiger partial charge is 0.369 e. The number of anilines is 2. The van der Waals surface area contributed by atoms with E-state index in [0.29, 0.717) is 25.5 Å². The van der Waals surface area contributed by atoms with Crippen LogP contribution in [0.15, 0.2) is 53.7 Å². The van der Waals surface area contributed by atoms with Gasteiger partial charge in [0.15, 0.2) is 5.82 Å². The summed E-state index contributed by atoms with van der Waals surface area (Å²) in [7, 11) is -0.390. The quantitative estimate of drug-likeness (QED) is 0.800. The van der Waals surface area contributed by atoms with E-state index in [2.05, 4.69) is 15.6 Å². The molecule has 2 aliphatic heterocycles. The van der Waals surface area contributed by atoms with Crippen molar-refractivity contribution in [3.63, 3.8) is 0 Å². The van der Waals surface area contributed by atoms with Gasteiger partial charge in [-0.2, -0.15) is 17.0 Å². The fourth-order valence-electron chi connectivity index (χ4n) is 3.84. The van der Waals surface area contributed by atoms with Crippen LogP contribution in [0.2, 0.25) is 0 Å². The summed E-state index contributed by atoms with van der Waals surface area (Å²) in [4.78, 5) is 9.26. The number of nitrogens with zero attached hydrogens (tertiary/aromatic N) is 4. The van der Waals surface area contributed by atoms with Gasteiger partial charge in [-0.05, 0) is 30.5 Å². The van der Waals surface area contributed by atoms with Crippen molar-refractivity contribution in [3.05, 3.63) is 54.2 Å². The molecule has 3 heterocycles. The highest BCUT2D eigenvalue weighted by Crippen LogP contribution is 2.36. The summed E-state index contributed by atoms with van der Waals surface area (Å²) in [5.41, 5.74) is 1.33. The number of piperidine rings is 1. The molecule has 1 unspecified atom stereocenters. The number of hydrogen-bond acceptors (Lipinski definition) is 5. The summed E-state index contributed by atoms with van der Waals surface area (Å²) in [6.07, 6.45) is 3.24. The number of rotatable bonds is 4. The van der Waals surface area contributed by atoms with Gasteiger partial charge in [0.2, 0.25) is 0 Å². The van der Waals surface area contributed by atoms with Crippen molar-refractivity contribution in [2.45, 2.75) is 24.9 Å². The molecule has 1 atom stereocenters. The minimum atomic E-state index is -3.51. The normalized spacial score (nSPS) is 23.6. The first-order valence-electron chi connectivity index (χ1n) is 9.67. The molecule has 2 aromatic rings. The van der Waals surface area contributed by atoms with E-state index in [1.165, 1.54) is 8.61 Å². The number of amidine groups is 1. The van der Waals surface area contributed by atoms with E-state index in [0.717, 1.165) is 29.9 Å². The maximum absolute atomic E-state index is 12.8. The Morgan fingerprint density at radius 2 is 2.00 bits per heavy atom. The summed E-state index contributed by atoms with van der Waals surface area (Å²) in [5, 5.41) is 6.93. The van der Waals surface area contributed by atoms with Crippen LogP contribution in [0.3, 0.4) is 0 Å². The molecular weight excluding hydrogens is 388 g/mol. The van der Waals surface area contributed by atoms with E-state index in [1.54, 1.807) is 20.3 Å². The Morgan fingerprint density at radius 1 is 1.21 bits per heavy atom. The third kappa shape index (κ3) is 3.85. The van der Waals surface area contributed by atoms with Crippen LogP contribution in [-0.4, -0.2) is 60.6 Å². The molecule has 0 saturated carbocycles. The van der Waals surface area contributed by atoms with Gasteiger partial charge < -0.3 is 10.6 Å². The van der Waals surface area contributed by atoms with Crippen molar-refractivity contribution >= 4 is 27.6 Å². The summed E-state index contributed by atoms with van der Waals surface area (Å²) >= 11 is 0. The van der Waals surface area contributed by atoms with Crippen LogP contribution in [0, 0.1) is 0 Å². The molecule has 0 bridgehead atoms. The van der Waals surface area contributed by atoms with E-state index < -0.39 is 15.7 Å². The molecular formula is C20H26N6O2S. The Kier molecular flexibility index (Phi) is 5.28. The second kappa shape index (κ2) is 7.74. The molecule has 2 aliphatic rings. The van der Waals surface area contributed by atoms with E-state index in [1.807, 2.05) is 42.5 Å². The zero-order chi connectivity index (χ0) is 20.5. The molecule has 1 aromatic carbocycles. The fourth-order valence-corrected chi connectivity index (χ4v) is 5.04. The minimum absolute atomic E-state index is 0.308. The van der Waals surface area contributed by atoms with Crippen LogP contribution < -0.4 is 10.6 Å². The van der Waals surface area contributed by atoms with Gasteiger partial charge in [0.25, 0.3) is 10.2 Å². The van der Waals surface area contributed by atoms with Gasteiger partial charge >= 0.3 is 0 Å². The van der Waals surface area contributed by atoms with Crippen LogP contribution in [-0.2, 0) is 16.8 Å². The van der Waals surface area contributed by atoms with Gasteiger partial charge in [-0.1, -0.05) is 30.3 Å². The van der Waals surface area contributed by atoms with Gasteiger partial charge in [0.1, 0.15) is 11.4 Å². The van der Waals surface area contributed by atoms with Crippen molar-refractivity contribution in [2.75, 3.05) is 37.8 Å². The van der Waals surface area contributed by atoms with Crippen LogP contribution in [0.4, 0.5) is 11.5 Å². The molecule has 4 rings (SSSR count). The van der Waals surface area contributed by atoms with Crippen LogP contribution in [0.25, 0.3) is 0 Å². The Labute approximate surface area is 171 Å². The number of hydrogen-bond donors (Lipinski definition) is 2. The van der Waals surface area contributed by atoms with E-state index in [4.69, 9.17) is 4.99 Å². The van der Waals surface area contributed by atoms with Gasteiger partial charge in [0.05, 0.1) is 12.2 Å². The maximum Gasteiger partial charge on any atom is 0.281 e. The van der Waals surface area contributed by atoms with Gasteiger partial charge in [0, 0.05) is 33.4 Å². The first-order valence-corrected chi connectivity index (χ1v) is 11.1. The lowest BCUT2D eigenvalue weighted by Crippen LogP contribution is -2.63. The molecule has 29 heavy (non-hydrogen) atoms. The standard InChI is InChI=1S/C20H26N6O2S/c1-25(2)29(27,28)26-13-7-11-20(15-26)19(22-14-16-8-4-3-5-9-16)23-18-17(24-20)10-6-12-21-18/h3-6,8-10,12,24H,7,11,13-15H2,1-2H3,(H,21,22,23). The molecule has 0 radical (unpaired) electrons. The van der Waals surface area contributed by atoms with Crippen molar-refractivity contribution < 1.29 is 8.42 Å². The summed E-state index contributed by atoms with van der Waals surface area (Å²) < 4.78 is 28.4. The topological polar surface area (TPSA) is 89.9 Å². The molecule has 1 saturated heterocycles. The van der Waals surface area contributed by atoms with Gasteiger partial charge in [-0.3, -0.25) is 4.99 Å². The maximum atomic E-state index is 12.8. The van der Waals surface area contributed by atoms with E-state index in [9.17, 15) is 8.42 Å². The third-order valence-electron chi connectivity index (χ3n) is 5.38. The Bertz CT molecular complexity index is 1010. The summed E-state index contributed by atoms with van der Waals surface area (Å²) in [6, 6.07) is 13.8. The number of pyridine rings is 1. The monoisotopic (exact) mass is 414 g/mol. The van der Waals surface area contributed by atoms with Crippen molar-refractivity contribution in [1.82, 2.24) is 13.6 Å². The zero-order valence-electron chi connectivity index (χ0n) is 16.7. The zero-order valence-corrected chi connectivity index (χ0v) is 17.5. The lowest BCUT2D eigenvalue weighted by molar-refractivity contribution is 0.279. The molecule has 9 heteroatoms. The number of nitrogens with one attached hydrogen (secondary N) is 2. The second-order valence-corrected chi connectivity index (χ2v) is 9.75. The molecule has 1 spiro atoms. The molecule has 2 N–H and O–H groups in total. The Hall–Kier alpha value is -2.49. The minimum Gasteiger partial charge on any atom is -0.369 e. The summed E-state index contributed by atoms with van der Waals surface area (Å²) in [6.45, 7) is 1.31. The summed E-state index contributed by atoms with van der Waals surface area (Å²) in [5.74, 6) is 1.43. The number of aliphatic imine (C=N–C) groups is 1. The average molecular weight is 415 g/mol. The van der Waals surface area contributed by atoms with E-state index >= 15 is 0 Å². The number of aromatic nitrogens is 1. The lowest BCUT2D eigenvalue weighted by Gasteiger charge is -2.46. The van der Waals surface area contributed by atoms with Crippen LogP contribution >= 0.6 is 0 Å². The van der Waals surface area contributed by atoms with E-state index in [-0.39, 0.29) is 0 Å². The number of fused-ring (bicyclic) bond motifs is 1. The Balaban J connectivity index is 1.71. The van der Waals surface area contributed by atoms with Crippen LogP contribution in [0.5, 0.6) is 0 Å². The predicted octanol–water partition coefficient (Wildman–Crippen LogP) is 2.16. The average Bonchev–Trinajstić information content (AvgIpc) is 2.73. The van der Waals surface area contributed by atoms with Crippen LogP contribution in [0.1, 0.15) is 18.4 Å². The first kappa shape index (κ1) is 19.8. The molecule has 8 nitrogen and oxygen atoms in total. The van der Waals surface area contributed by atoms with Crippen molar-refractivity contribution in [1.29, 1.82) is 0 Å². The number of benzene rings is 1. The molecule has 1 aromatic heterocycles. The fraction of sp³-hybridized carbons (Fsp3) is 0.400. The van der Waals surface area contributed by atoms with Gasteiger partial charge in [-0.25, -0.2) is 4.98 Å². The van der Waals surface area contributed by atoms with Crippen molar-refractivity contribution in [3.8, 4) is 0 Å². The highest BCUT2D eigenvalue weighted by atomic mass is 32.2. The predicted molar refractivity (Wildman–Crippen MR) is 115 cm³/mol. The van der Waals surface area contributed by atoms with Crippen molar-refractivity contribution in [2.24, 2.45) is 4.99 Å². The third-order valence-corrected chi connectivity index (χ3v) is 7.27.